The number of sulfonamides is 1. The third-order valence-corrected chi connectivity index (χ3v) is 6.17. The summed E-state index contributed by atoms with van der Waals surface area (Å²) in [6.07, 6.45) is 1.05. The Morgan fingerprint density at radius 1 is 1.07 bits per heavy atom. The van der Waals surface area contributed by atoms with E-state index < -0.39 is 10.0 Å². The standard InChI is InChI=1S/C22H26N2O4S/c1-15(25)24-12-11-17-13-19(9-10-20(17)24)29(27,28)23-18-7-5-16(6-8-18)21(26)14-22(2,3)4/h5-10,13,23H,11-12,14H2,1-4H3. The summed E-state index contributed by atoms with van der Waals surface area (Å²) in [5.74, 6) is -0.0286. The van der Waals surface area contributed by atoms with Gasteiger partial charge in [0.15, 0.2) is 5.78 Å². The highest BCUT2D eigenvalue weighted by molar-refractivity contribution is 7.92. The first-order valence-corrected chi connectivity index (χ1v) is 11.0. The number of fused-ring (bicyclic) bond motifs is 1. The number of rotatable bonds is 5. The van der Waals surface area contributed by atoms with Crippen LogP contribution >= 0.6 is 0 Å². The molecule has 0 fully saturated rings. The van der Waals surface area contributed by atoms with Crippen LogP contribution in [0.2, 0.25) is 0 Å². The number of benzene rings is 2. The molecule has 29 heavy (non-hydrogen) atoms. The number of ketones is 1. The van der Waals surface area contributed by atoms with E-state index >= 15 is 0 Å². The molecule has 6 nitrogen and oxygen atoms in total. The summed E-state index contributed by atoms with van der Waals surface area (Å²) in [7, 11) is -3.77. The van der Waals surface area contributed by atoms with Crippen molar-refractivity contribution in [3.05, 3.63) is 53.6 Å². The summed E-state index contributed by atoms with van der Waals surface area (Å²) in [4.78, 5) is 25.7. The second-order valence-electron chi connectivity index (χ2n) is 8.55. The lowest BCUT2D eigenvalue weighted by Crippen LogP contribution is -2.25. The van der Waals surface area contributed by atoms with Gasteiger partial charge in [0.1, 0.15) is 0 Å². The van der Waals surface area contributed by atoms with Crippen LogP contribution in [0.1, 0.15) is 50.0 Å². The van der Waals surface area contributed by atoms with Gasteiger partial charge < -0.3 is 4.90 Å². The van der Waals surface area contributed by atoms with Gasteiger partial charge in [-0.1, -0.05) is 20.8 Å². The maximum Gasteiger partial charge on any atom is 0.261 e. The van der Waals surface area contributed by atoms with Crippen LogP contribution in [0.25, 0.3) is 0 Å². The Morgan fingerprint density at radius 2 is 1.72 bits per heavy atom. The van der Waals surface area contributed by atoms with E-state index in [2.05, 4.69) is 4.72 Å². The van der Waals surface area contributed by atoms with Crippen molar-refractivity contribution in [1.29, 1.82) is 0 Å². The molecule has 1 N–H and O–H groups in total. The molecule has 1 aliphatic heterocycles. The number of nitrogens with zero attached hydrogens (tertiary/aromatic N) is 1. The van der Waals surface area contributed by atoms with Gasteiger partial charge in [-0.2, -0.15) is 0 Å². The van der Waals surface area contributed by atoms with Gasteiger partial charge in [-0.25, -0.2) is 8.42 Å². The molecule has 2 aromatic carbocycles. The Labute approximate surface area is 172 Å². The van der Waals surface area contributed by atoms with E-state index in [9.17, 15) is 18.0 Å². The summed E-state index contributed by atoms with van der Waals surface area (Å²) in [5, 5.41) is 0. The van der Waals surface area contributed by atoms with Crippen LogP contribution in [-0.2, 0) is 21.2 Å². The minimum Gasteiger partial charge on any atom is -0.312 e. The number of anilines is 2. The van der Waals surface area contributed by atoms with Crippen LogP contribution in [0.15, 0.2) is 47.4 Å². The number of hydrogen-bond acceptors (Lipinski definition) is 4. The van der Waals surface area contributed by atoms with E-state index in [4.69, 9.17) is 0 Å². The highest BCUT2D eigenvalue weighted by Crippen LogP contribution is 2.31. The third-order valence-electron chi connectivity index (χ3n) is 4.79. The zero-order valence-corrected chi connectivity index (χ0v) is 18.0. The Balaban J connectivity index is 1.76. The number of amides is 1. The van der Waals surface area contributed by atoms with Crippen molar-refractivity contribution in [2.45, 2.75) is 45.4 Å². The summed E-state index contributed by atoms with van der Waals surface area (Å²) in [6, 6.07) is 11.3. The number of carbonyl (C=O) groups is 2. The fourth-order valence-corrected chi connectivity index (χ4v) is 4.50. The molecule has 0 aromatic heterocycles. The van der Waals surface area contributed by atoms with Gasteiger partial charge >= 0.3 is 0 Å². The molecule has 2 aromatic rings. The van der Waals surface area contributed by atoms with Crippen molar-refractivity contribution in [1.82, 2.24) is 0 Å². The fourth-order valence-electron chi connectivity index (χ4n) is 3.39. The van der Waals surface area contributed by atoms with E-state index in [1.807, 2.05) is 20.8 Å². The Morgan fingerprint density at radius 3 is 2.31 bits per heavy atom. The minimum absolute atomic E-state index is 0.0283. The smallest absolute Gasteiger partial charge is 0.261 e. The van der Waals surface area contributed by atoms with Crippen LogP contribution in [0, 0.1) is 5.41 Å². The normalized spacial score (nSPS) is 13.9. The quantitative estimate of drug-likeness (QED) is 0.749. The predicted molar refractivity (Wildman–Crippen MR) is 114 cm³/mol. The lowest BCUT2D eigenvalue weighted by molar-refractivity contribution is -0.116. The van der Waals surface area contributed by atoms with Crippen molar-refractivity contribution < 1.29 is 18.0 Å². The van der Waals surface area contributed by atoms with Crippen LogP contribution in [0.5, 0.6) is 0 Å². The predicted octanol–water partition coefficient (Wildman–Crippen LogP) is 4.02. The van der Waals surface area contributed by atoms with E-state index in [-0.39, 0.29) is 22.0 Å². The van der Waals surface area contributed by atoms with Crippen molar-refractivity contribution >= 4 is 33.1 Å². The topological polar surface area (TPSA) is 83.6 Å². The Kier molecular flexibility index (Phi) is 5.54. The zero-order chi connectivity index (χ0) is 21.4. The molecule has 7 heteroatoms. The molecular formula is C22H26N2O4S. The fraction of sp³-hybridized carbons (Fsp3) is 0.364. The Bertz CT molecular complexity index is 1050. The van der Waals surface area contributed by atoms with Gasteiger partial charge in [0.05, 0.1) is 4.90 Å². The average molecular weight is 415 g/mol. The molecule has 1 amide bonds. The van der Waals surface area contributed by atoms with E-state index in [1.54, 1.807) is 41.3 Å². The molecule has 1 heterocycles. The first kappa shape index (κ1) is 21.0. The maximum absolute atomic E-state index is 12.8. The van der Waals surface area contributed by atoms with E-state index in [0.29, 0.717) is 30.6 Å². The van der Waals surface area contributed by atoms with Crippen molar-refractivity contribution in [3.63, 3.8) is 0 Å². The van der Waals surface area contributed by atoms with Crippen molar-refractivity contribution in [3.8, 4) is 0 Å². The number of nitrogens with one attached hydrogen (secondary N) is 1. The third kappa shape index (κ3) is 4.85. The van der Waals surface area contributed by atoms with Gasteiger partial charge in [-0.3, -0.25) is 14.3 Å². The van der Waals surface area contributed by atoms with Gasteiger partial charge in [-0.05, 0) is 59.9 Å². The average Bonchev–Trinajstić information content (AvgIpc) is 3.04. The SMILES string of the molecule is CC(=O)N1CCc2cc(S(=O)(=O)Nc3ccc(C(=O)CC(C)(C)C)cc3)ccc21. The van der Waals surface area contributed by atoms with Gasteiger partial charge in [-0.15, -0.1) is 0 Å². The molecule has 0 saturated heterocycles. The molecule has 0 bridgehead atoms. The highest BCUT2D eigenvalue weighted by Gasteiger charge is 2.25. The van der Waals surface area contributed by atoms with Crippen molar-refractivity contribution in [2.75, 3.05) is 16.2 Å². The van der Waals surface area contributed by atoms with Gasteiger partial charge in [0.25, 0.3) is 10.0 Å². The summed E-state index contributed by atoms with van der Waals surface area (Å²) in [6.45, 7) is 8.06. The van der Waals surface area contributed by atoms with Gasteiger partial charge in [0, 0.05) is 36.8 Å². The van der Waals surface area contributed by atoms with Crippen LogP contribution < -0.4 is 9.62 Å². The molecule has 1 aliphatic rings. The zero-order valence-electron chi connectivity index (χ0n) is 17.2. The summed E-state index contributed by atoms with van der Waals surface area (Å²) < 4.78 is 28.1. The maximum atomic E-state index is 12.8. The van der Waals surface area contributed by atoms with Crippen LogP contribution in [-0.4, -0.2) is 26.7 Å². The molecule has 0 spiro atoms. The number of carbonyl (C=O) groups excluding carboxylic acids is 2. The molecule has 0 aliphatic carbocycles. The molecule has 0 radical (unpaired) electrons. The molecule has 0 unspecified atom stereocenters. The number of Topliss-reactive ketones (excluding diaryl/α,β-unsaturated/α-hetero) is 1. The van der Waals surface area contributed by atoms with E-state index in [0.717, 1.165) is 11.3 Å². The van der Waals surface area contributed by atoms with Crippen LogP contribution in [0.3, 0.4) is 0 Å². The number of hydrogen-bond donors (Lipinski definition) is 1. The van der Waals surface area contributed by atoms with Crippen LogP contribution in [0.4, 0.5) is 11.4 Å². The second-order valence-corrected chi connectivity index (χ2v) is 10.2. The molecular weight excluding hydrogens is 388 g/mol. The van der Waals surface area contributed by atoms with Crippen molar-refractivity contribution in [2.24, 2.45) is 5.41 Å². The minimum atomic E-state index is -3.77. The lowest BCUT2D eigenvalue weighted by atomic mass is 9.88. The molecule has 0 saturated carbocycles. The highest BCUT2D eigenvalue weighted by atomic mass is 32.2. The first-order chi connectivity index (χ1) is 13.5. The molecule has 3 rings (SSSR count). The Hall–Kier alpha value is -2.67. The lowest BCUT2D eigenvalue weighted by Gasteiger charge is -2.17. The van der Waals surface area contributed by atoms with E-state index in [1.165, 1.54) is 13.0 Å². The summed E-state index contributed by atoms with van der Waals surface area (Å²) >= 11 is 0. The first-order valence-electron chi connectivity index (χ1n) is 9.53. The molecule has 154 valence electrons. The monoisotopic (exact) mass is 414 g/mol. The molecule has 0 atom stereocenters. The largest absolute Gasteiger partial charge is 0.312 e. The second kappa shape index (κ2) is 7.63. The van der Waals surface area contributed by atoms with Gasteiger partial charge in [0.2, 0.25) is 5.91 Å². The summed E-state index contributed by atoms with van der Waals surface area (Å²) in [5.41, 5.74) is 2.44.